The van der Waals surface area contributed by atoms with Gasteiger partial charge in [-0.2, -0.15) is 5.10 Å². The average Bonchev–Trinajstić information content (AvgIpc) is 3.12. The number of methoxy groups -OCH3 is 1. The zero-order valence-corrected chi connectivity index (χ0v) is 13.6. The molecule has 0 fully saturated rings. The maximum Gasteiger partial charge on any atom is 0.275 e. The highest BCUT2D eigenvalue weighted by molar-refractivity contribution is 5.98. The predicted molar refractivity (Wildman–Crippen MR) is 90.6 cm³/mol. The smallest absolute Gasteiger partial charge is 0.275 e. The van der Waals surface area contributed by atoms with E-state index in [4.69, 9.17) is 4.74 Å². The van der Waals surface area contributed by atoms with Crippen LogP contribution in [-0.4, -0.2) is 40.1 Å². The Hall–Kier alpha value is -3.15. The number of nitrogens with zero attached hydrogens (tertiary/aromatic N) is 3. The number of carbonyl (C=O) groups excluding carboxylic acids is 1. The molecule has 1 N–H and O–H groups in total. The van der Waals surface area contributed by atoms with Gasteiger partial charge in [0.2, 0.25) is 0 Å². The van der Waals surface area contributed by atoms with Crippen molar-refractivity contribution < 1.29 is 9.53 Å². The molecule has 1 amide bonds. The van der Waals surface area contributed by atoms with Gasteiger partial charge >= 0.3 is 0 Å². The Bertz CT molecular complexity index is 830. The van der Waals surface area contributed by atoms with Gasteiger partial charge in [0.25, 0.3) is 5.91 Å². The number of nitrogens with one attached hydrogen (secondary N) is 1. The van der Waals surface area contributed by atoms with E-state index >= 15 is 0 Å². The van der Waals surface area contributed by atoms with Gasteiger partial charge in [-0.1, -0.05) is 18.2 Å². The average molecular weight is 322 g/mol. The van der Waals surface area contributed by atoms with Crippen LogP contribution in [-0.2, 0) is 6.54 Å². The minimum Gasteiger partial charge on any atom is -0.496 e. The minimum absolute atomic E-state index is 0.158. The number of ether oxygens (including phenoxy) is 1. The van der Waals surface area contributed by atoms with E-state index in [9.17, 15) is 4.79 Å². The van der Waals surface area contributed by atoms with Crippen LogP contribution < -0.4 is 4.74 Å². The first-order chi connectivity index (χ1) is 11.7. The van der Waals surface area contributed by atoms with Gasteiger partial charge in [-0.3, -0.25) is 14.9 Å². The number of aromatic amines is 1. The maximum absolute atomic E-state index is 12.8. The summed E-state index contributed by atoms with van der Waals surface area (Å²) >= 11 is 0. The van der Waals surface area contributed by atoms with Crippen molar-refractivity contribution in [3.63, 3.8) is 0 Å². The Morgan fingerprint density at radius 3 is 2.71 bits per heavy atom. The molecule has 2 aromatic heterocycles. The molecule has 1 aromatic carbocycles. The molecule has 0 aliphatic rings. The molecular formula is C18H18N4O2. The number of carbonyl (C=O) groups is 1. The lowest BCUT2D eigenvalue weighted by molar-refractivity contribution is 0.0779. The Labute approximate surface area is 140 Å². The molecule has 0 radical (unpaired) electrons. The normalized spacial score (nSPS) is 10.4. The van der Waals surface area contributed by atoms with Crippen LogP contribution in [0.4, 0.5) is 0 Å². The van der Waals surface area contributed by atoms with Crippen LogP contribution in [0.25, 0.3) is 11.1 Å². The summed E-state index contributed by atoms with van der Waals surface area (Å²) in [5, 5.41) is 6.91. The van der Waals surface area contributed by atoms with Crippen LogP contribution in [0.1, 0.15) is 16.1 Å². The summed E-state index contributed by atoms with van der Waals surface area (Å²) in [7, 11) is 3.37. The van der Waals surface area contributed by atoms with Gasteiger partial charge in [-0.25, -0.2) is 0 Å². The Kier molecular flexibility index (Phi) is 4.56. The third-order valence-electron chi connectivity index (χ3n) is 3.78. The third kappa shape index (κ3) is 3.12. The number of pyridine rings is 1. The number of hydrogen-bond donors (Lipinski definition) is 1. The number of rotatable bonds is 5. The molecule has 0 unspecified atom stereocenters. The quantitative estimate of drug-likeness (QED) is 0.784. The van der Waals surface area contributed by atoms with Crippen molar-refractivity contribution in [3.8, 4) is 16.9 Å². The summed E-state index contributed by atoms with van der Waals surface area (Å²) in [5.74, 6) is 0.600. The summed E-state index contributed by atoms with van der Waals surface area (Å²) < 4.78 is 5.34. The second-order valence-electron chi connectivity index (χ2n) is 5.36. The summed E-state index contributed by atoms with van der Waals surface area (Å²) in [6.07, 6.45) is 5.10. The number of para-hydroxylation sites is 1. The molecule has 122 valence electrons. The topological polar surface area (TPSA) is 71.1 Å². The molecule has 0 saturated heterocycles. The lowest BCUT2D eigenvalue weighted by atomic mass is 10.1. The fraction of sp³-hybridized carbons (Fsp3) is 0.167. The minimum atomic E-state index is -0.158. The van der Waals surface area contributed by atoms with Crippen LogP contribution in [0, 0.1) is 0 Å². The van der Waals surface area contributed by atoms with E-state index in [2.05, 4.69) is 15.2 Å². The highest BCUT2D eigenvalue weighted by Gasteiger charge is 2.20. The number of hydrogen-bond acceptors (Lipinski definition) is 4. The van der Waals surface area contributed by atoms with Crippen molar-refractivity contribution in [2.24, 2.45) is 0 Å². The van der Waals surface area contributed by atoms with E-state index < -0.39 is 0 Å². The molecule has 0 saturated carbocycles. The number of benzene rings is 1. The SMILES string of the molecule is COc1ccccc1CN(C)C(=O)c1n[nH]cc1-c1ccncc1. The van der Waals surface area contributed by atoms with Gasteiger partial charge in [0.05, 0.1) is 7.11 Å². The molecule has 0 bridgehead atoms. The standard InChI is InChI=1S/C18H18N4O2/c1-22(12-14-5-3-4-6-16(14)24-2)18(23)17-15(11-20-21-17)13-7-9-19-10-8-13/h3-11H,12H2,1-2H3,(H,20,21). The van der Waals surface area contributed by atoms with Gasteiger partial charge in [0, 0.05) is 43.3 Å². The molecule has 3 aromatic rings. The molecule has 24 heavy (non-hydrogen) atoms. The molecule has 3 rings (SSSR count). The molecule has 0 aliphatic carbocycles. The van der Waals surface area contributed by atoms with E-state index in [0.717, 1.165) is 22.4 Å². The molecular weight excluding hydrogens is 304 g/mol. The summed E-state index contributed by atoms with van der Waals surface area (Å²) in [5.41, 5.74) is 2.98. The second-order valence-corrected chi connectivity index (χ2v) is 5.36. The Balaban J connectivity index is 1.84. The molecule has 6 heteroatoms. The molecule has 2 heterocycles. The highest BCUT2D eigenvalue weighted by Crippen LogP contribution is 2.24. The Morgan fingerprint density at radius 2 is 1.96 bits per heavy atom. The summed E-state index contributed by atoms with van der Waals surface area (Å²) in [4.78, 5) is 18.4. The van der Waals surface area contributed by atoms with Crippen molar-refractivity contribution in [3.05, 3.63) is 66.2 Å². The van der Waals surface area contributed by atoms with Crippen LogP contribution in [0.15, 0.2) is 55.0 Å². The van der Waals surface area contributed by atoms with Crippen LogP contribution in [0.3, 0.4) is 0 Å². The van der Waals surface area contributed by atoms with Crippen molar-refractivity contribution in [1.82, 2.24) is 20.1 Å². The van der Waals surface area contributed by atoms with Gasteiger partial charge in [0.15, 0.2) is 5.69 Å². The van der Waals surface area contributed by atoms with Gasteiger partial charge < -0.3 is 9.64 Å². The Morgan fingerprint density at radius 1 is 1.21 bits per heavy atom. The number of amides is 1. The molecule has 0 aliphatic heterocycles. The first kappa shape index (κ1) is 15.7. The lowest BCUT2D eigenvalue weighted by Crippen LogP contribution is -2.27. The van der Waals surface area contributed by atoms with Crippen molar-refractivity contribution >= 4 is 5.91 Å². The van der Waals surface area contributed by atoms with Crippen LogP contribution in [0.5, 0.6) is 5.75 Å². The first-order valence-corrected chi connectivity index (χ1v) is 7.52. The van der Waals surface area contributed by atoms with Crippen LogP contribution in [0.2, 0.25) is 0 Å². The fourth-order valence-electron chi connectivity index (χ4n) is 2.55. The van der Waals surface area contributed by atoms with Gasteiger partial charge in [-0.15, -0.1) is 0 Å². The molecule has 6 nitrogen and oxygen atoms in total. The van der Waals surface area contributed by atoms with E-state index in [0.29, 0.717) is 12.2 Å². The second kappa shape index (κ2) is 6.95. The van der Waals surface area contributed by atoms with E-state index in [1.165, 1.54) is 0 Å². The molecule has 0 spiro atoms. The third-order valence-corrected chi connectivity index (χ3v) is 3.78. The van der Waals surface area contributed by atoms with Crippen molar-refractivity contribution in [2.45, 2.75) is 6.54 Å². The summed E-state index contributed by atoms with van der Waals surface area (Å²) in [6, 6.07) is 11.3. The first-order valence-electron chi connectivity index (χ1n) is 7.52. The van der Waals surface area contributed by atoms with Gasteiger partial charge in [-0.05, 0) is 23.8 Å². The zero-order valence-electron chi connectivity index (χ0n) is 13.6. The predicted octanol–water partition coefficient (Wildman–Crippen LogP) is 2.75. The number of aromatic nitrogens is 3. The summed E-state index contributed by atoms with van der Waals surface area (Å²) in [6.45, 7) is 0.436. The van der Waals surface area contributed by atoms with Crippen molar-refractivity contribution in [1.29, 1.82) is 0 Å². The maximum atomic E-state index is 12.8. The zero-order chi connectivity index (χ0) is 16.9. The van der Waals surface area contributed by atoms with Crippen LogP contribution >= 0.6 is 0 Å². The number of H-pyrrole nitrogens is 1. The van der Waals surface area contributed by atoms with E-state index in [-0.39, 0.29) is 5.91 Å². The van der Waals surface area contributed by atoms with Gasteiger partial charge in [0.1, 0.15) is 5.75 Å². The monoisotopic (exact) mass is 322 g/mol. The fourth-order valence-corrected chi connectivity index (χ4v) is 2.55. The van der Waals surface area contributed by atoms with E-state index in [1.54, 1.807) is 37.6 Å². The van der Waals surface area contributed by atoms with Crippen molar-refractivity contribution in [2.75, 3.05) is 14.2 Å². The van der Waals surface area contributed by atoms with E-state index in [1.807, 2.05) is 36.4 Å². The molecule has 0 atom stereocenters. The lowest BCUT2D eigenvalue weighted by Gasteiger charge is -2.18. The largest absolute Gasteiger partial charge is 0.496 e. The highest BCUT2D eigenvalue weighted by atomic mass is 16.5.